The number of hydrogen-bond acceptors (Lipinski definition) is 1. The standard InChI is InChI=1S/C12H19N.H2/c1-4-7-10(2)11-8-5-6-9-12(11)13-3;/h5-6,8-10,13H,4,7H2,1-3H3;1H. The summed E-state index contributed by atoms with van der Waals surface area (Å²) in [5.74, 6) is 0.661. The molecule has 1 atom stereocenters. The highest BCUT2D eigenvalue weighted by Gasteiger charge is 2.07. The van der Waals surface area contributed by atoms with Gasteiger partial charge in [0.15, 0.2) is 0 Å². The van der Waals surface area contributed by atoms with E-state index in [4.69, 9.17) is 0 Å². The lowest BCUT2D eigenvalue weighted by Gasteiger charge is -2.15. The van der Waals surface area contributed by atoms with Crippen molar-refractivity contribution < 1.29 is 1.43 Å². The van der Waals surface area contributed by atoms with E-state index in [1.807, 2.05) is 7.05 Å². The highest BCUT2D eigenvalue weighted by atomic mass is 14.8. The Morgan fingerprint density at radius 1 is 1.38 bits per heavy atom. The molecule has 1 aromatic rings. The number of benzene rings is 1. The van der Waals surface area contributed by atoms with Gasteiger partial charge in [-0.15, -0.1) is 0 Å². The summed E-state index contributed by atoms with van der Waals surface area (Å²) >= 11 is 0. The molecule has 0 aliphatic heterocycles. The average Bonchev–Trinajstić information content (AvgIpc) is 2.18. The Hall–Kier alpha value is -0.980. The molecule has 1 aromatic carbocycles. The lowest BCUT2D eigenvalue weighted by molar-refractivity contribution is 0.666. The van der Waals surface area contributed by atoms with Crippen LogP contribution in [-0.2, 0) is 0 Å². The summed E-state index contributed by atoms with van der Waals surface area (Å²) in [6.45, 7) is 4.53. The molecule has 0 aliphatic rings. The molecule has 0 aromatic heterocycles. The first kappa shape index (κ1) is 10.1. The van der Waals surface area contributed by atoms with Crippen molar-refractivity contribution in [3.63, 3.8) is 0 Å². The van der Waals surface area contributed by atoms with Gasteiger partial charge in [0.25, 0.3) is 0 Å². The minimum atomic E-state index is 0. The maximum absolute atomic E-state index is 3.23. The van der Waals surface area contributed by atoms with Gasteiger partial charge in [-0.3, -0.25) is 0 Å². The summed E-state index contributed by atoms with van der Waals surface area (Å²) in [5.41, 5.74) is 2.70. The van der Waals surface area contributed by atoms with Crippen molar-refractivity contribution in [2.75, 3.05) is 12.4 Å². The number of para-hydroxylation sites is 1. The summed E-state index contributed by atoms with van der Waals surface area (Å²) in [7, 11) is 1.98. The summed E-state index contributed by atoms with van der Waals surface area (Å²) in [5, 5.41) is 3.23. The molecule has 1 heteroatoms. The molecule has 1 nitrogen and oxygen atoms in total. The molecule has 0 radical (unpaired) electrons. The fraction of sp³-hybridized carbons (Fsp3) is 0.500. The molecule has 1 N–H and O–H groups in total. The van der Waals surface area contributed by atoms with E-state index in [9.17, 15) is 0 Å². The Labute approximate surface area is 82.7 Å². The minimum Gasteiger partial charge on any atom is -0.388 e. The molecular weight excluding hydrogens is 158 g/mol. The first-order valence-electron chi connectivity index (χ1n) is 5.06. The number of hydrogen-bond donors (Lipinski definition) is 1. The van der Waals surface area contributed by atoms with Crippen LogP contribution in [0.1, 0.15) is 39.6 Å². The van der Waals surface area contributed by atoms with Gasteiger partial charge >= 0.3 is 0 Å². The summed E-state index contributed by atoms with van der Waals surface area (Å²) < 4.78 is 0. The molecule has 0 bridgehead atoms. The van der Waals surface area contributed by atoms with Crippen LogP contribution in [0.5, 0.6) is 0 Å². The van der Waals surface area contributed by atoms with Crippen molar-refractivity contribution in [1.29, 1.82) is 0 Å². The SMILES string of the molecule is CCCC(C)c1ccccc1NC.[HH]. The predicted octanol–water partition coefficient (Wildman–Crippen LogP) is 3.88. The highest BCUT2D eigenvalue weighted by molar-refractivity contribution is 5.52. The number of anilines is 1. The van der Waals surface area contributed by atoms with Crippen LogP contribution in [0.2, 0.25) is 0 Å². The zero-order chi connectivity index (χ0) is 9.68. The molecule has 0 fully saturated rings. The Bertz CT molecular complexity index is 260. The highest BCUT2D eigenvalue weighted by Crippen LogP contribution is 2.26. The van der Waals surface area contributed by atoms with E-state index in [-0.39, 0.29) is 1.43 Å². The smallest absolute Gasteiger partial charge is 0.0372 e. The molecule has 1 rings (SSSR count). The van der Waals surface area contributed by atoms with Gasteiger partial charge in [0.1, 0.15) is 0 Å². The summed E-state index contributed by atoms with van der Waals surface area (Å²) in [4.78, 5) is 0. The summed E-state index contributed by atoms with van der Waals surface area (Å²) in [6, 6.07) is 8.55. The van der Waals surface area contributed by atoms with Crippen molar-refractivity contribution in [3.8, 4) is 0 Å². The van der Waals surface area contributed by atoms with E-state index in [1.54, 1.807) is 0 Å². The molecule has 0 saturated heterocycles. The van der Waals surface area contributed by atoms with Crippen molar-refractivity contribution in [3.05, 3.63) is 29.8 Å². The van der Waals surface area contributed by atoms with Crippen molar-refractivity contribution in [2.45, 2.75) is 32.6 Å². The average molecular weight is 179 g/mol. The lowest BCUT2D eigenvalue weighted by atomic mass is 9.95. The zero-order valence-electron chi connectivity index (χ0n) is 8.80. The molecule has 13 heavy (non-hydrogen) atoms. The Balaban J connectivity index is 0.00000169. The van der Waals surface area contributed by atoms with Gasteiger partial charge in [-0.1, -0.05) is 38.5 Å². The van der Waals surface area contributed by atoms with Crippen LogP contribution in [0.4, 0.5) is 5.69 Å². The number of nitrogens with one attached hydrogen (secondary N) is 1. The first-order valence-corrected chi connectivity index (χ1v) is 5.06. The molecule has 74 valence electrons. The Morgan fingerprint density at radius 3 is 2.69 bits per heavy atom. The quantitative estimate of drug-likeness (QED) is 0.739. The fourth-order valence-electron chi connectivity index (χ4n) is 1.74. The first-order chi connectivity index (χ1) is 6.29. The van der Waals surface area contributed by atoms with Gasteiger partial charge in [-0.05, 0) is 24.0 Å². The monoisotopic (exact) mass is 179 g/mol. The molecule has 0 saturated carbocycles. The molecule has 0 heterocycles. The maximum Gasteiger partial charge on any atom is 0.0372 e. The van der Waals surface area contributed by atoms with E-state index in [2.05, 4.69) is 43.4 Å². The van der Waals surface area contributed by atoms with Crippen LogP contribution >= 0.6 is 0 Å². The maximum atomic E-state index is 3.23. The van der Waals surface area contributed by atoms with Gasteiger partial charge in [0.2, 0.25) is 0 Å². The van der Waals surface area contributed by atoms with Crippen LogP contribution in [0.15, 0.2) is 24.3 Å². The third-order valence-corrected chi connectivity index (χ3v) is 2.48. The topological polar surface area (TPSA) is 12.0 Å². The van der Waals surface area contributed by atoms with Crippen LogP contribution in [0.25, 0.3) is 0 Å². The van der Waals surface area contributed by atoms with Gasteiger partial charge in [-0.2, -0.15) is 0 Å². The van der Waals surface area contributed by atoms with E-state index < -0.39 is 0 Å². The third kappa shape index (κ3) is 2.48. The van der Waals surface area contributed by atoms with Crippen molar-refractivity contribution >= 4 is 5.69 Å². The van der Waals surface area contributed by atoms with Crippen molar-refractivity contribution in [1.82, 2.24) is 0 Å². The largest absolute Gasteiger partial charge is 0.388 e. The van der Waals surface area contributed by atoms with E-state index in [0.29, 0.717) is 5.92 Å². The Kier molecular flexibility index (Phi) is 3.81. The Morgan fingerprint density at radius 2 is 2.08 bits per heavy atom. The second-order valence-electron chi connectivity index (χ2n) is 3.53. The molecule has 0 aliphatic carbocycles. The van der Waals surface area contributed by atoms with E-state index in [0.717, 1.165) is 0 Å². The zero-order valence-corrected chi connectivity index (χ0v) is 8.80. The van der Waals surface area contributed by atoms with Crippen LogP contribution < -0.4 is 5.32 Å². The minimum absolute atomic E-state index is 0. The third-order valence-electron chi connectivity index (χ3n) is 2.48. The van der Waals surface area contributed by atoms with Crippen LogP contribution in [-0.4, -0.2) is 7.05 Å². The molecule has 1 unspecified atom stereocenters. The van der Waals surface area contributed by atoms with Crippen LogP contribution in [0, 0.1) is 0 Å². The van der Waals surface area contributed by atoms with E-state index in [1.165, 1.54) is 24.1 Å². The van der Waals surface area contributed by atoms with Gasteiger partial charge in [-0.25, -0.2) is 0 Å². The summed E-state index contributed by atoms with van der Waals surface area (Å²) in [6.07, 6.45) is 2.51. The fourth-order valence-corrected chi connectivity index (χ4v) is 1.74. The van der Waals surface area contributed by atoms with Gasteiger partial charge < -0.3 is 5.32 Å². The molecule has 0 spiro atoms. The van der Waals surface area contributed by atoms with Crippen molar-refractivity contribution in [2.24, 2.45) is 0 Å². The second kappa shape index (κ2) is 4.90. The lowest BCUT2D eigenvalue weighted by Crippen LogP contribution is -1.99. The molecule has 0 amide bonds. The normalized spacial score (nSPS) is 12.5. The predicted molar refractivity (Wildman–Crippen MR) is 61.4 cm³/mol. The number of rotatable bonds is 4. The van der Waals surface area contributed by atoms with Crippen LogP contribution in [0.3, 0.4) is 0 Å². The molecular formula is C12H21N. The van der Waals surface area contributed by atoms with Gasteiger partial charge in [0.05, 0.1) is 0 Å². The van der Waals surface area contributed by atoms with E-state index >= 15 is 0 Å². The van der Waals surface area contributed by atoms with Gasteiger partial charge in [0, 0.05) is 14.2 Å². The second-order valence-corrected chi connectivity index (χ2v) is 3.53.